The number of terminal acetylenes is 1. The largest absolute Gasteiger partial charge is 0.351 e. The molecule has 0 fully saturated rings. The molecular formula is C12H10BrF2NOS. The fourth-order valence-corrected chi connectivity index (χ4v) is 2.13. The fourth-order valence-electron chi connectivity index (χ4n) is 1.22. The van der Waals surface area contributed by atoms with Gasteiger partial charge in [0.05, 0.1) is 5.75 Å². The average Bonchev–Trinajstić information content (AvgIpc) is 2.27. The Morgan fingerprint density at radius 3 is 2.61 bits per heavy atom. The number of carbonyl (C=O) groups is 1. The molecule has 18 heavy (non-hydrogen) atoms. The van der Waals surface area contributed by atoms with Gasteiger partial charge in [0.25, 0.3) is 5.91 Å². The molecule has 0 aliphatic heterocycles. The van der Waals surface area contributed by atoms with E-state index in [0.29, 0.717) is 18.1 Å². The summed E-state index contributed by atoms with van der Waals surface area (Å²) in [7, 11) is 0. The fraction of sp³-hybridized carbons (Fsp3) is 0.250. The van der Waals surface area contributed by atoms with Crippen LogP contribution in [0.25, 0.3) is 0 Å². The highest BCUT2D eigenvalue weighted by molar-refractivity contribution is 9.10. The molecule has 0 saturated heterocycles. The maximum atomic E-state index is 13.4. The molecule has 1 aromatic carbocycles. The quantitative estimate of drug-likeness (QED) is 0.663. The van der Waals surface area contributed by atoms with Crippen molar-refractivity contribution in [2.45, 2.75) is 0 Å². The standard InChI is InChI=1S/C12H10BrF2NOS/c1-2-4-18-5-3-16-12(17)11-9(14)6-8(13)7-10(11)15/h1,6-7H,3-5H2,(H,16,17). The summed E-state index contributed by atoms with van der Waals surface area (Å²) >= 11 is 4.40. The Bertz CT molecular complexity index is 464. The van der Waals surface area contributed by atoms with Crippen LogP contribution >= 0.6 is 27.7 Å². The molecule has 0 atom stereocenters. The third-order valence-electron chi connectivity index (χ3n) is 1.95. The van der Waals surface area contributed by atoms with Crippen LogP contribution in [0.4, 0.5) is 8.78 Å². The average molecular weight is 334 g/mol. The first kappa shape index (κ1) is 15.0. The van der Waals surface area contributed by atoms with Crippen molar-refractivity contribution >= 4 is 33.6 Å². The highest BCUT2D eigenvalue weighted by Gasteiger charge is 2.17. The first-order chi connectivity index (χ1) is 8.56. The summed E-state index contributed by atoms with van der Waals surface area (Å²) in [5.74, 6) is 1.02. The Hall–Kier alpha value is -1.06. The van der Waals surface area contributed by atoms with Gasteiger partial charge in [-0.1, -0.05) is 21.9 Å². The molecule has 2 nitrogen and oxygen atoms in total. The van der Waals surface area contributed by atoms with E-state index in [0.717, 1.165) is 12.1 Å². The van der Waals surface area contributed by atoms with Crippen molar-refractivity contribution in [2.75, 3.05) is 18.1 Å². The molecule has 0 aliphatic rings. The minimum Gasteiger partial charge on any atom is -0.351 e. The number of nitrogens with one attached hydrogen (secondary N) is 1. The number of hydrogen-bond acceptors (Lipinski definition) is 2. The lowest BCUT2D eigenvalue weighted by molar-refractivity contribution is 0.0947. The molecule has 1 aromatic rings. The van der Waals surface area contributed by atoms with Gasteiger partial charge in [-0.05, 0) is 12.1 Å². The van der Waals surface area contributed by atoms with Crippen molar-refractivity contribution in [2.24, 2.45) is 0 Å². The number of rotatable bonds is 5. The zero-order chi connectivity index (χ0) is 13.5. The van der Waals surface area contributed by atoms with Crippen LogP contribution in [-0.4, -0.2) is 24.0 Å². The molecule has 0 aliphatic carbocycles. The maximum absolute atomic E-state index is 13.4. The lowest BCUT2D eigenvalue weighted by Crippen LogP contribution is -2.27. The Morgan fingerprint density at radius 1 is 1.44 bits per heavy atom. The first-order valence-electron chi connectivity index (χ1n) is 5.00. The van der Waals surface area contributed by atoms with Gasteiger partial charge in [-0.2, -0.15) is 0 Å². The van der Waals surface area contributed by atoms with E-state index in [2.05, 4.69) is 27.2 Å². The molecule has 6 heteroatoms. The van der Waals surface area contributed by atoms with Gasteiger partial charge >= 0.3 is 0 Å². The third-order valence-corrected chi connectivity index (χ3v) is 3.27. The van der Waals surface area contributed by atoms with Crippen molar-refractivity contribution in [3.05, 3.63) is 33.8 Å². The molecule has 0 aromatic heterocycles. The minimum atomic E-state index is -0.893. The summed E-state index contributed by atoms with van der Waals surface area (Å²) in [6, 6.07) is 2.09. The monoisotopic (exact) mass is 333 g/mol. The number of halogens is 3. The molecule has 0 spiro atoms. The lowest BCUT2D eigenvalue weighted by Gasteiger charge is -2.07. The Labute approximate surface area is 117 Å². The van der Waals surface area contributed by atoms with E-state index in [1.54, 1.807) is 0 Å². The topological polar surface area (TPSA) is 29.1 Å². The van der Waals surface area contributed by atoms with Gasteiger partial charge in [0, 0.05) is 16.8 Å². The summed E-state index contributed by atoms with van der Waals surface area (Å²) in [5, 5.41) is 2.44. The van der Waals surface area contributed by atoms with E-state index in [1.807, 2.05) is 0 Å². The van der Waals surface area contributed by atoms with Crippen LogP contribution in [0.1, 0.15) is 10.4 Å². The summed E-state index contributed by atoms with van der Waals surface area (Å²) in [5.41, 5.74) is -0.569. The van der Waals surface area contributed by atoms with E-state index >= 15 is 0 Å². The minimum absolute atomic E-state index is 0.249. The van der Waals surface area contributed by atoms with E-state index in [1.165, 1.54) is 11.8 Å². The Kier molecular flexibility index (Phi) is 6.16. The SMILES string of the molecule is C#CCSCCNC(=O)c1c(F)cc(Br)cc1F. The second kappa shape index (κ2) is 7.39. The molecule has 0 unspecified atom stereocenters. The Morgan fingerprint density at radius 2 is 2.06 bits per heavy atom. The van der Waals surface area contributed by atoms with Crippen LogP contribution in [0.15, 0.2) is 16.6 Å². The van der Waals surface area contributed by atoms with Gasteiger partial charge in [-0.15, -0.1) is 18.2 Å². The number of thioether (sulfide) groups is 1. The first-order valence-corrected chi connectivity index (χ1v) is 6.95. The predicted molar refractivity (Wildman–Crippen MR) is 72.5 cm³/mol. The van der Waals surface area contributed by atoms with Gasteiger partial charge < -0.3 is 5.32 Å². The van der Waals surface area contributed by atoms with Crippen molar-refractivity contribution in [1.29, 1.82) is 0 Å². The van der Waals surface area contributed by atoms with Crippen molar-refractivity contribution in [3.8, 4) is 12.3 Å². The van der Waals surface area contributed by atoms with Crippen LogP contribution in [0.3, 0.4) is 0 Å². The second-order valence-electron chi connectivity index (χ2n) is 3.26. The highest BCUT2D eigenvalue weighted by Crippen LogP contribution is 2.19. The highest BCUT2D eigenvalue weighted by atomic mass is 79.9. The second-order valence-corrected chi connectivity index (χ2v) is 5.28. The van der Waals surface area contributed by atoms with Gasteiger partial charge in [0.1, 0.15) is 17.2 Å². The summed E-state index contributed by atoms with van der Waals surface area (Å²) in [4.78, 5) is 11.6. The van der Waals surface area contributed by atoms with Crippen LogP contribution in [-0.2, 0) is 0 Å². The maximum Gasteiger partial charge on any atom is 0.257 e. The molecule has 1 rings (SSSR count). The molecule has 0 bridgehead atoms. The smallest absolute Gasteiger partial charge is 0.257 e. The van der Waals surface area contributed by atoms with Crippen LogP contribution in [0.2, 0.25) is 0 Å². The summed E-state index contributed by atoms with van der Waals surface area (Å²) < 4.78 is 27.1. The normalized spacial score (nSPS) is 9.89. The number of amides is 1. The molecule has 0 saturated carbocycles. The molecule has 1 amide bonds. The molecule has 96 valence electrons. The van der Waals surface area contributed by atoms with E-state index in [9.17, 15) is 13.6 Å². The van der Waals surface area contributed by atoms with Crippen molar-refractivity contribution in [1.82, 2.24) is 5.32 Å². The number of benzene rings is 1. The van der Waals surface area contributed by atoms with Crippen molar-refractivity contribution in [3.63, 3.8) is 0 Å². The predicted octanol–water partition coefficient (Wildman–Crippen LogP) is 2.82. The Balaban J connectivity index is 2.60. The zero-order valence-electron chi connectivity index (χ0n) is 9.30. The van der Waals surface area contributed by atoms with E-state index < -0.39 is 23.1 Å². The number of carbonyl (C=O) groups excluding carboxylic acids is 1. The molecule has 0 radical (unpaired) electrons. The van der Waals surface area contributed by atoms with Gasteiger partial charge in [0.15, 0.2) is 0 Å². The molecule has 0 heterocycles. The van der Waals surface area contributed by atoms with Crippen molar-refractivity contribution < 1.29 is 13.6 Å². The van der Waals surface area contributed by atoms with E-state index in [4.69, 9.17) is 6.42 Å². The summed E-state index contributed by atoms with van der Waals surface area (Å²) in [6.07, 6.45) is 5.05. The number of hydrogen-bond donors (Lipinski definition) is 1. The van der Waals surface area contributed by atoms with Crippen LogP contribution in [0, 0.1) is 24.0 Å². The van der Waals surface area contributed by atoms with Gasteiger partial charge in [-0.3, -0.25) is 4.79 Å². The van der Waals surface area contributed by atoms with Crippen LogP contribution in [0.5, 0.6) is 0 Å². The molecular weight excluding hydrogens is 324 g/mol. The summed E-state index contributed by atoms with van der Waals surface area (Å²) in [6.45, 7) is 0.306. The lowest BCUT2D eigenvalue weighted by atomic mass is 10.2. The van der Waals surface area contributed by atoms with Gasteiger partial charge in [0.2, 0.25) is 0 Å². The van der Waals surface area contributed by atoms with Crippen LogP contribution < -0.4 is 5.32 Å². The zero-order valence-corrected chi connectivity index (χ0v) is 11.7. The van der Waals surface area contributed by atoms with Gasteiger partial charge in [-0.25, -0.2) is 8.78 Å². The third kappa shape index (κ3) is 4.31. The molecule has 1 N–H and O–H groups in total. The van der Waals surface area contributed by atoms with E-state index in [-0.39, 0.29) is 4.47 Å².